The molecular weight excluding hydrogens is 288 g/mol. The van der Waals surface area contributed by atoms with E-state index >= 15 is 0 Å². The van der Waals surface area contributed by atoms with Gasteiger partial charge >= 0.3 is 5.97 Å². The van der Waals surface area contributed by atoms with Crippen molar-refractivity contribution < 1.29 is 14.7 Å². The molecular formula is C15H22N2O3S. The zero-order valence-electron chi connectivity index (χ0n) is 12.6. The summed E-state index contributed by atoms with van der Waals surface area (Å²) in [6, 6.07) is 0. The number of nitrogens with zero attached hydrogens (tertiary/aromatic N) is 2. The lowest BCUT2D eigenvalue weighted by atomic mass is 9.79. The molecule has 1 N–H and O–H groups in total. The third-order valence-electron chi connectivity index (χ3n) is 4.37. The molecule has 1 aliphatic carbocycles. The number of aryl methyl sites for hydroxylation is 1. The van der Waals surface area contributed by atoms with Crippen LogP contribution in [0.3, 0.4) is 0 Å². The van der Waals surface area contributed by atoms with Crippen LogP contribution in [0.1, 0.15) is 49.1 Å². The van der Waals surface area contributed by atoms with Crippen LogP contribution in [-0.4, -0.2) is 33.9 Å². The molecule has 1 fully saturated rings. The summed E-state index contributed by atoms with van der Waals surface area (Å²) in [6.07, 6.45) is 4.19. The van der Waals surface area contributed by atoms with Crippen LogP contribution in [0.5, 0.6) is 0 Å². The Hall–Kier alpha value is -1.43. The number of carboxylic acid groups (broad SMARTS) is 1. The van der Waals surface area contributed by atoms with Crippen molar-refractivity contribution in [2.45, 2.75) is 52.0 Å². The average molecular weight is 310 g/mol. The van der Waals surface area contributed by atoms with E-state index in [-0.39, 0.29) is 17.7 Å². The van der Waals surface area contributed by atoms with Crippen LogP contribution in [0.15, 0.2) is 5.51 Å². The Morgan fingerprint density at radius 2 is 2.05 bits per heavy atom. The largest absolute Gasteiger partial charge is 0.481 e. The van der Waals surface area contributed by atoms with Crippen LogP contribution in [0, 0.1) is 12.3 Å². The van der Waals surface area contributed by atoms with Gasteiger partial charge in [0.2, 0.25) is 5.91 Å². The highest BCUT2D eigenvalue weighted by molar-refractivity contribution is 7.09. The summed E-state index contributed by atoms with van der Waals surface area (Å²) in [7, 11) is 1.78. The summed E-state index contributed by atoms with van der Waals surface area (Å²) >= 11 is 1.55. The number of aliphatic carboxylic acids is 1. The molecule has 0 aliphatic heterocycles. The van der Waals surface area contributed by atoms with Crippen LogP contribution in [-0.2, 0) is 16.1 Å². The molecule has 0 unspecified atom stereocenters. The van der Waals surface area contributed by atoms with Gasteiger partial charge in [-0.1, -0.05) is 12.8 Å². The van der Waals surface area contributed by atoms with E-state index in [1.165, 1.54) is 0 Å². The second-order valence-corrected chi connectivity index (χ2v) is 7.00. The first-order chi connectivity index (χ1) is 9.92. The van der Waals surface area contributed by atoms with Gasteiger partial charge in [0.1, 0.15) is 0 Å². The zero-order chi connectivity index (χ0) is 15.5. The molecule has 1 aromatic rings. The monoisotopic (exact) mass is 310 g/mol. The lowest BCUT2D eigenvalue weighted by Gasteiger charge is -2.29. The van der Waals surface area contributed by atoms with Gasteiger partial charge in [-0.15, -0.1) is 11.3 Å². The summed E-state index contributed by atoms with van der Waals surface area (Å²) in [6.45, 7) is 2.49. The summed E-state index contributed by atoms with van der Waals surface area (Å²) in [4.78, 5) is 30.5. The first-order valence-electron chi connectivity index (χ1n) is 7.27. The SMILES string of the molecule is Cc1ncsc1CN(C)C(=O)CC1(CC(=O)O)CCCC1. The quantitative estimate of drug-likeness (QED) is 0.877. The van der Waals surface area contributed by atoms with Gasteiger partial charge in [-0.25, -0.2) is 4.98 Å². The van der Waals surface area contributed by atoms with Crippen molar-refractivity contribution in [3.05, 3.63) is 16.1 Å². The molecule has 1 aromatic heterocycles. The third-order valence-corrected chi connectivity index (χ3v) is 5.29. The van der Waals surface area contributed by atoms with Crippen LogP contribution >= 0.6 is 11.3 Å². The number of carbonyl (C=O) groups excluding carboxylic acids is 1. The Kier molecular flexibility index (Phi) is 4.98. The van der Waals surface area contributed by atoms with E-state index in [2.05, 4.69) is 4.98 Å². The Morgan fingerprint density at radius 1 is 1.38 bits per heavy atom. The van der Waals surface area contributed by atoms with Gasteiger partial charge in [0, 0.05) is 18.3 Å². The normalized spacial score (nSPS) is 16.9. The summed E-state index contributed by atoms with van der Waals surface area (Å²) in [5.41, 5.74) is 2.41. The van der Waals surface area contributed by atoms with Crippen molar-refractivity contribution in [1.82, 2.24) is 9.88 Å². The maximum atomic E-state index is 12.4. The zero-order valence-corrected chi connectivity index (χ0v) is 13.4. The van der Waals surface area contributed by atoms with Crippen LogP contribution in [0.2, 0.25) is 0 Å². The Bertz CT molecular complexity index is 521. The van der Waals surface area contributed by atoms with Gasteiger partial charge in [-0.3, -0.25) is 9.59 Å². The summed E-state index contributed by atoms with van der Waals surface area (Å²) < 4.78 is 0. The first-order valence-corrected chi connectivity index (χ1v) is 8.15. The molecule has 2 rings (SSSR count). The molecule has 5 nitrogen and oxygen atoms in total. The van der Waals surface area contributed by atoms with E-state index in [9.17, 15) is 9.59 Å². The molecule has 0 radical (unpaired) electrons. The summed E-state index contributed by atoms with van der Waals surface area (Å²) in [5.74, 6) is -0.767. The Balaban J connectivity index is 1.98. The van der Waals surface area contributed by atoms with Crippen molar-refractivity contribution >= 4 is 23.2 Å². The number of carbonyl (C=O) groups is 2. The molecule has 0 atom stereocenters. The predicted molar refractivity (Wildman–Crippen MR) is 81.1 cm³/mol. The molecule has 1 amide bonds. The van der Waals surface area contributed by atoms with E-state index in [1.54, 1.807) is 28.8 Å². The number of thiazole rings is 1. The highest BCUT2D eigenvalue weighted by atomic mass is 32.1. The minimum Gasteiger partial charge on any atom is -0.481 e. The molecule has 0 aromatic carbocycles. The molecule has 21 heavy (non-hydrogen) atoms. The minimum absolute atomic E-state index is 0.0333. The molecule has 116 valence electrons. The van der Waals surface area contributed by atoms with Crippen molar-refractivity contribution in [3.8, 4) is 0 Å². The van der Waals surface area contributed by atoms with E-state index in [0.717, 1.165) is 36.3 Å². The number of rotatable bonds is 6. The average Bonchev–Trinajstić information content (AvgIpc) is 2.99. The second kappa shape index (κ2) is 6.56. The fraction of sp³-hybridized carbons (Fsp3) is 0.667. The lowest BCUT2D eigenvalue weighted by Crippen LogP contribution is -2.33. The van der Waals surface area contributed by atoms with Gasteiger partial charge in [-0.05, 0) is 25.2 Å². The third kappa shape index (κ3) is 4.03. The van der Waals surface area contributed by atoms with Crippen molar-refractivity contribution in [3.63, 3.8) is 0 Å². The topological polar surface area (TPSA) is 70.5 Å². The fourth-order valence-corrected chi connectivity index (χ4v) is 3.93. The number of aromatic nitrogens is 1. The molecule has 1 saturated carbocycles. The van der Waals surface area contributed by atoms with Crippen LogP contribution < -0.4 is 0 Å². The van der Waals surface area contributed by atoms with Gasteiger partial charge in [0.15, 0.2) is 0 Å². The number of hydrogen-bond donors (Lipinski definition) is 1. The van der Waals surface area contributed by atoms with Crippen molar-refractivity contribution in [2.75, 3.05) is 7.05 Å². The maximum absolute atomic E-state index is 12.4. The Labute approximate surface area is 129 Å². The lowest BCUT2D eigenvalue weighted by molar-refractivity contribution is -0.141. The molecule has 1 aliphatic rings. The van der Waals surface area contributed by atoms with E-state index < -0.39 is 5.97 Å². The first kappa shape index (κ1) is 15.9. The maximum Gasteiger partial charge on any atom is 0.303 e. The highest BCUT2D eigenvalue weighted by Crippen LogP contribution is 2.44. The van der Waals surface area contributed by atoms with E-state index in [0.29, 0.717) is 13.0 Å². The minimum atomic E-state index is -0.800. The van der Waals surface area contributed by atoms with Crippen molar-refractivity contribution in [1.29, 1.82) is 0 Å². The fourth-order valence-electron chi connectivity index (χ4n) is 3.10. The van der Waals surface area contributed by atoms with Gasteiger partial charge in [0.25, 0.3) is 0 Å². The predicted octanol–water partition coefficient (Wildman–Crippen LogP) is 2.84. The smallest absolute Gasteiger partial charge is 0.303 e. The van der Waals surface area contributed by atoms with Gasteiger partial charge in [-0.2, -0.15) is 0 Å². The van der Waals surface area contributed by atoms with Crippen LogP contribution in [0.4, 0.5) is 0 Å². The van der Waals surface area contributed by atoms with Crippen molar-refractivity contribution in [2.24, 2.45) is 5.41 Å². The standard InChI is InChI=1S/C15H22N2O3S/c1-11-12(21-10-16-11)9-17(2)13(18)7-15(8-14(19)20)5-3-4-6-15/h10H,3-9H2,1-2H3,(H,19,20). The number of carboxylic acids is 1. The molecule has 6 heteroatoms. The highest BCUT2D eigenvalue weighted by Gasteiger charge is 2.38. The molecule has 0 saturated heterocycles. The number of amides is 1. The van der Waals surface area contributed by atoms with E-state index in [4.69, 9.17) is 5.11 Å². The molecule has 0 spiro atoms. The molecule has 1 heterocycles. The van der Waals surface area contributed by atoms with Gasteiger partial charge in [0.05, 0.1) is 24.2 Å². The summed E-state index contributed by atoms with van der Waals surface area (Å²) in [5, 5.41) is 9.10. The molecule has 0 bridgehead atoms. The van der Waals surface area contributed by atoms with Crippen LogP contribution in [0.25, 0.3) is 0 Å². The van der Waals surface area contributed by atoms with Gasteiger partial charge < -0.3 is 10.0 Å². The van der Waals surface area contributed by atoms with E-state index in [1.807, 2.05) is 6.92 Å². The Morgan fingerprint density at radius 3 is 2.57 bits per heavy atom. The number of hydrogen-bond acceptors (Lipinski definition) is 4. The second-order valence-electron chi connectivity index (χ2n) is 6.07.